The molecular formula is C6H13N3O. The average molecular weight is 143 g/mol. The van der Waals surface area contributed by atoms with Gasteiger partial charge < -0.3 is 5.73 Å². The SMILES string of the molecule is CN(C)N1CCC(N)C1=O. The molecule has 0 saturated carbocycles. The van der Waals surface area contributed by atoms with Gasteiger partial charge in [0, 0.05) is 20.6 Å². The number of hydrogen-bond donors (Lipinski definition) is 1. The van der Waals surface area contributed by atoms with E-state index in [1.807, 2.05) is 14.1 Å². The topological polar surface area (TPSA) is 49.6 Å². The van der Waals surface area contributed by atoms with Crippen LogP contribution in [-0.2, 0) is 4.79 Å². The Morgan fingerprint density at radius 3 is 2.50 bits per heavy atom. The Bertz CT molecular complexity index is 146. The molecule has 1 rings (SSSR count). The molecule has 1 amide bonds. The Labute approximate surface area is 60.5 Å². The lowest BCUT2D eigenvalue weighted by atomic mass is 10.3. The molecule has 0 aromatic heterocycles. The summed E-state index contributed by atoms with van der Waals surface area (Å²) >= 11 is 0. The van der Waals surface area contributed by atoms with E-state index >= 15 is 0 Å². The highest BCUT2D eigenvalue weighted by Crippen LogP contribution is 2.08. The number of hydrogen-bond acceptors (Lipinski definition) is 3. The van der Waals surface area contributed by atoms with Crippen LogP contribution in [0.2, 0.25) is 0 Å². The zero-order chi connectivity index (χ0) is 7.72. The van der Waals surface area contributed by atoms with E-state index in [1.54, 1.807) is 10.0 Å². The lowest BCUT2D eigenvalue weighted by Crippen LogP contribution is -2.42. The van der Waals surface area contributed by atoms with Gasteiger partial charge in [0.25, 0.3) is 5.91 Å². The number of amides is 1. The second-order valence-corrected chi connectivity index (χ2v) is 2.70. The zero-order valence-corrected chi connectivity index (χ0v) is 6.37. The van der Waals surface area contributed by atoms with Crippen LogP contribution in [-0.4, -0.2) is 42.6 Å². The third-order valence-corrected chi connectivity index (χ3v) is 1.71. The number of hydrazine groups is 1. The third-order valence-electron chi connectivity index (χ3n) is 1.71. The van der Waals surface area contributed by atoms with Crippen LogP contribution in [0.1, 0.15) is 6.42 Å². The van der Waals surface area contributed by atoms with Crippen molar-refractivity contribution in [2.45, 2.75) is 12.5 Å². The van der Waals surface area contributed by atoms with E-state index in [0.717, 1.165) is 13.0 Å². The van der Waals surface area contributed by atoms with Crippen LogP contribution >= 0.6 is 0 Å². The van der Waals surface area contributed by atoms with Crippen LogP contribution in [0, 0.1) is 0 Å². The molecule has 0 spiro atoms. The minimum Gasteiger partial charge on any atom is -0.320 e. The molecule has 10 heavy (non-hydrogen) atoms. The Morgan fingerprint density at radius 1 is 1.70 bits per heavy atom. The maximum Gasteiger partial charge on any atom is 0.253 e. The molecule has 0 aromatic rings. The van der Waals surface area contributed by atoms with Gasteiger partial charge in [-0.25, -0.2) is 5.01 Å². The van der Waals surface area contributed by atoms with Gasteiger partial charge in [0.1, 0.15) is 0 Å². The molecule has 0 radical (unpaired) electrons. The molecule has 4 nitrogen and oxygen atoms in total. The first-order chi connectivity index (χ1) is 4.63. The van der Waals surface area contributed by atoms with Crippen molar-refractivity contribution >= 4 is 5.91 Å². The lowest BCUT2D eigenvalue weighted by molar-refractivity contribution is -0.140. The number of nitrogens with two attached hydrogens (primary N) is 1. The molecule has 1 aliphatic heterocycles. The van der Waals surface area contributed by atoms with Gasteiger partial charge in [-0.3, -0.25) is 9.80 Å². The summed E-state index contributed by atoms with van der Waals surface area (Å²) in [7, 11) is 3.69. The smallest absolute Gasteiger partial charge is 0.253 e. The Hall–Kier alpha value is -0.610. The molecule has 1 saturated heterocycles. The zero-order valence-electron chi connectivity index (χ0n) is 6.37. The number of rotatable bonds is 1. The summed E-state index contributed by atoms with van der Waals surface area (Å²) in [5.41, 5.74) is 5.49. The van der Waals surface area contributed by atoms with E-state index in [2.05, 4.69) is 0 Å². The van der Waals surface area contributed by atoms with Gasteiger partial charge in [0.2, 0.25) is 0 Å². The van der Waals surface area contributed by atoms with E-state index in [4.69, 9.17) is 5.73 Å². The summed E-state index contributed by atoms with van der Waals surface area (Å²) in [5, 5.41) is 3.43. The van der Waals surface area contributed by atoms with E-state index in [1.165, 1.54) is 0 Å². The third kappa shape index (κ3) is 1.12. The molecule has 2 N–H and O–H groups in total. The monoisotopic (exact) mass is 143 g/mol. The average Bonchev–Trinajstić information content (AvgIpc) is 2.14. The summed E-state index contributed by atoms with van der Waals surface area (Å²) in [4.78, 5) is 11.1. The van der Waals surface area contributed by atoms with Crippen LogP contribution < -0.4 is 5.73 Å². The van der Waals surface area contributed by atoms with Gasteiger partial charge in [0.05, 0.1) is 6.04 Å². The fraction of sp³-hybridized carbons (Fsp3) is 0.833. The van der Waals surface area contributed by atoms with E-state index in [-0.39, 0.29) is 11.9 Å². The standard InChI is InChI=1S/C6H13N3O/c1-8(2)9-4-3-5(7)6(9)10/h5H,3-4,7H2,1-2H3. The normalized spacial score (nSPS) is 26.6. The maximum absolute atomic E-state index is 11.1. The van der Waals surface area contributed by atoms with Crippen LogP contribution in [0.25, 0.3) is 0 Å². The molecule has 0 aromatic carbocycles. The molecule has 58 valence electrons. The Kier molecular flexibility index (Phi) is 1.92. The summed E-state index contributed by atoms with van der Waals surface area (Å²) in [6, 6.07) is -0.276. The maximum atomic E-state index is 11.1. The van der Waals surface area contributed by atoms with Gasteiger partial charge in [0.15, 0.2) is 0 Å². The molecule has 0 bridgehead atoms. The largest absolute Gasteiger partial charge is 0.320 e. The number of carbonyl (C=O) groups is 1. The quantitative estimate of drug-likeness (QED) is 0.513. The van der Waals surface area contributed by atoms with Gasteiger partial charge in [-0.2, -0.15) is 0 Å². The molecule has 1 fully saturated rings. The van der Waals surface area contributed by atoms with Gasteiger partial charge in [-0.15, -0.1) is 0 Å². The van der Waals surface area contributed by atoms with Crippen LogP contribution in [0.3, 0.4) is 0 Å². The van der Waals surface area contributed by atoms with Crippen molar-refractivity contribution in [3.8, 4) is 0 Å². The van der Waals surface area contributed by atoms with Crippen molar-refractivity contribution < 1.29 is 4.79 Å². The first-order valence-electron chi connectivity index (χ1n) is 3.37. The molecule has 1 aliphatic rings. The highest BCUT2D eigenvalue weighted by Gasteiger charge is 2.29. The van der Waals surface area contributed by atoms with E-state index in [0.29, 0.717) is 0 Å². The Morgan fingerprint density at radius 2 is 2.30 bits per heavy atom. The van der Waals surface area contributed by atoms with Gasteiger partial charge in [-0.1, -0.05) is 0 Å². The van der Waals surface area contributed by atoms with Crippen molar-refractivity contribution in [3.05, 3.63) is 0 Å². The van der Waals surface area contributed by atoms with Crippen molar-refractivity contribution in [2.75, 3.05) is 20.6 Å². The van der Waals surface area contributed by atoms with Crippen molar-refractivity contribution in [1.29, 1.82) is 0 Å². The predicted molar refractivity (Wildman–Crippen MR) is 38.0 cm³/mol. The van der Waals surface area contributed by atoms with Crippen molar-refractivity contribution in [2.24, 2.45) is 5.73 Å². The Balaban J connectivity index is 2.57. The lowest BCUT2D eigenvalue weighted by Gasteiger charge is -2.23. The second-order valence-electron chi connectivity index (χ2n) is 2.70. The first-order valence-corrected chi connectivity index (χ1v) is 3.37. The first kappa shape index (κ1) is 7.50. The molecule has 1 atom stereocenters. The fourth-order valence-corrected chi connectivity index (χ4v) is 1.08. The highest BCUT2D eigenvalue weighted by molar-refractivity contribution is 5.83. The van der Waals surface area contributed by atoms with E-state index < -0.39 is 0 Å². The molecule has 0 aliphatic carbocycles. The summed E-state index contributed by atoms with van der Waals surface area (Å²) in [6.07, 6.45) is 0.775. The summed E-state index contributed by atoms with van der Waals surface area (Å²) < 4.78 is 0. The minimum absolute atomic E-state index is 0.0324. The minimum atomic E-state index is -0.276. The fourth-order valence-electron chi connectivity index (χ4n) is 1.08. The number of carbonyl (C=O) groups excluding carboxylic acids is 1. The van der Waals surface area contributed by atoms with Crippen LogP contribution in [0.15, 0.2) is 0 Å². The van der Waals surface area contributed by atoms with Gasteiger partial charge >= 0.3 is 0 Å². The highest BCUT2D eigenvalue weighted by atomic mass is 16.2. The summed E-state index contributed by atoms with van der Waals surface area (Å²) in [6.45, 7) is 0.757. The van der Waals surface area contributed by atoms with Crippen molar-refractivity contribution in [1.82, 2.24) is 10.0 Å². The van der Waals surface area contributed by atoms with Crippen molar-refractivity contribution in [3.63, 3.8) is 0 Å². The van der Waals surface area contributed by atoms with E-state index in [9.17, 15) is 4.79 Å². The molecule has 1 unspecified atom stereocenters. The molecule has 1 heterocycles. The number of nitrogens with zero attached hydrogens (tertiary/aromatic N) is 2. The second kappa shape index (κ2) is 2.56. The summed E-state index contributed by atoms with van der Waals surface area (Å²) in [5.74, 6) is 0.0324. The van der Waals surface area contributed by atoms with Gasteiger partial charge in [-0.05, 0) is 6.42 Å². The van der Waals surface area contributed by atoms with Crippen LogP contribution in [0.5, 0.6) is 0 Å². The van der Waals surface area contributed by atoms with Crippen LogP contribution in [0.4, 0.5) is 0 Å². The molecule has 4 heteroatoms. The predicted octanol–water partition coefficient (Wildman–Crippen LogP) is -0.977. The molecular weight excluding hydrogens is 130 g/mol.